The zero-order chi connectivity index (χ0) is 10.1. The van der Waals surface area contributed by atoms with Gasteiger partial charge >= 0.3 is 24.8 Å². The summed E-state index contributed by atoms with van der Waals surface area (Å²) >= 11 is 1.32. The van der Waals surface area contributed by atoms with Crippen LogP contribution in [0.2, 0.25) is 0 Å². The molecular formula is C9H13LiN2O2S. The minimum absolute atomic E-state index is 0. The molecule has 0 radical (unpaired) electrons. The van der Waals surface area contributed by atoms with Crippen LogP contribution in [0, 0.1) is 0 Å². The molecule has 0 unspecified atom stereocenters. The van der Waals surface area contributed by atoms with Gasteiger partial charge in [-0.05, 0) is 13.5 Å². The Labute approximate surface area is 106 Å². The first kappa shape index (κ1) is 12.7. The quantitative estimate of drug-likeness (QED) is 0.556. The molecule has 1 aromatic rings. The Morgan fingerprint density at radius 3 is 2.87 bits per heavy atom. The zero-order valence-corrected chi connectivity index (χ0v) is 9.80. The summed E-state index contributed by atoms with van der Waals surface area (Å²) in [5.74, 6) is -0.906. The molecular weight excluding hydrogens is 207 g/mol. The minimum Gasteiger partial charge on any atom is -1.00 e. The van der Waals surface area contributed by atoms with Crippen LogP contribution in [0.25, 0.3) is 0 Å². The van der Waals surface area contributed by atoms with Gasteiger partial charge in [-0.2, -0.15) is 0 Å². The number of carbonyl (C=O) groups is 1. The number of aromatic nitrogens is 1. The predicted molar refractivity (Wildman–Crippen MR) is 55.1 cm³/mol. The molecule has 4 nitrogen and oxygen atoms in total. The Bertz CT molecular complexity index is 347. The van der Waals surface area contributed by atoms with Gasteiger partial charge in [0.2, 0.25) is 5.01 Å². The molecule has 15 heavy (non-hydrogen) atoms. The van der Waals surface area contributed by atoms with Gasteiger partial charge < -0.3 is 11.4 Å². The van der Waals surface area contributed by atoms with Crippen LogP contribution in [0.1, 0.15) is 21.8 Å². The molecule has 0 aliphatic carbocycles. The molecule has 2 heterocycles. The fourth-order valence-electron chi connectivity index (χ4n) is 1.57. The number of carboxylic acid groups (broad SMARTS) is 1. The third-order valence-electron chi connectivity index (χ3n) is 2.41. The Balaban J connectivity index is 0.00000112. The molecule has 1 aliphatic heterocycles. The molecule has 0 spiro atoms. The largest absolute Gasteiger partial charge is 1.00 e. The molecule has 0 atom stereocenters. The molecule has 0 aromatic carbocycles. The van der Waals surface area contributed by atoms with Gasteiger partial charge in [-0.15, -0.1) is 11.3 Å². The number of carboxylic acids is 1. The maximum absolute atomic E-state index is 10.7. The van der Waals surface area contributed by atoms with Crippen LogP contribution >= 0.6 is 11.3 Å². The fourth-order valence-corrected chi connectivity index (χ4v) is 2.50. The van der Waals surface area contributed by atoms with Gasteiger partial charge in [-0.3, -0.25) is 0 Å². The summed E-state index contributed by atoms with van der Waals surface area (Å²) in [7, 11) is 2.08. The Kier molecular flexibility index (Phi) is 4.35. The molecule has 6 heteroatoms. The van der Waals surface area contributed by atoms with Crippen molar-refractivity contribution in [2.24, 2.45) is 0 Å². The van der Waals surface area contributed by atoms with E-state index in [0.717, 1.165) is 36.5 Å². The molecule has 1 aromatic heterocycles. The van der Waals surface area contributed by atoms with E-state index in [9.17, 15) is 4.79 Å². The first-order chi connectivity index (χ1) is 6.66. The number of rotatable bonds is 1. The Hall–Kier alpha value is -0.343. The summed E-state index contributed by atoms with van der Waals surface area (Å²) < 4.78 is 0. The van der Waals surface area contributed by atoms with E-state index in [2.05, 4.69) is 16.9 Å². The van der Waals surface area contributed by atoms with Crippen LogP contribution in [-0.4, -0.2) is 41.1 Å². The van der Waals surface area contributed by atoms with Gasteiger partial charge in [0.25, 0.3) is 0 Å². The molecule has 0 saturated carbocycles. The minimum atomic E-state index is -0.906. The summed E-state index contributed by atoms with van der Waals surface area (Å²) in [5, 5.41) is 9.03. The smallest absolute Gasteiger partial charge is 1.00 e. The van der Waals surface area contributed by atoms with Crippen molar-refractivity contribution >= 4 is 17.3 Å². The molecule has 0 bridgehead atoms. The van der Waals surface area contributed by atoms with Crippen molar-refractivity contribution in [3.05, 3.63) is 15.6 Å². The summed E-state index contributed by atoms with van der Waals surface area (Å²) in [6, 6.07) is 0. The predicted octanol–water partition coefficient (Wildman–Crippen LogP) is -2.01. The number of fused-ring (bicyclic) bond motifs is 1. The molecule has 0 amide bonds. The maximum Gasteiger partial charge on any atom is 1.00 e. The van der Waals surface area contributed by atoms with Crippen molar-refractivity contribution in [1.29, 1.82) is 0 Å². The van der Waals surface area contributed by atoms with Gasteiger partial charge in [-0.1, -0.05) is 0 Å². The number of thiazole rings is 1. The van der Waals surface area contributed by atoms with Gasteiger partial charge in [0.05, 0.1) is 5.69 Å². The molecule has 2 rings (SSSR count). The second-order valence-electron chi connectivity index (χ2n) is 3.50. The van der Waals surface area contributed by atoms with E-state index in [1.165, 1.54) is 11.3 Å². The van der Waals surface area contributed by atoms with E-state index in [4.69, 9.17) is 5.11 Å². The summed E-state index contributed by atoms with van der Waals surface area (Å²) in [4.78, 5) is 18.2. The van der Waals surface area contributed by atoms with E-state index < -0.39 is 5.97 Å². The molecule has 78 valence electrons. The zero-order valence-electron chi connectivity index (χ0n) is 9.99. The standard InChI is InChI=1S/C9H12N2O2S.Li.H/c1-11-4-2-6-7(3-5-11)14-8(10-6)9(12)13;;/h2-5H2,1H3,(H,12,13);;/q;+1;-1. The van der Waals surface area contributed by atoms with Crippen molar-refractivity contribution in [2.45, 2.75) is 12.8 Å². The number of nitrogens with zero attached hydrogens (tertiary/aromatic N) is 2. The van der Waals surface area contributed by atoms with E-state index in [1.54, 1.807) is 0 Å². The summed E-state index contributed by atoms with van der Waals surface area (Å²) in [6.07, 6.45) is 1.80. The van der Waals surface area contributed by atoms with Gasteiger partial charge in [-0.25, -0.2) is 9.78 Å². The average molecular weight is 220 g/mol. The van der Waals surface area contributed by atoms with Crippen LogP contribution < -0.4 is 18.9 Å². The second-order valence-corrected chi connectivity index (χ2v) is 4.58. The number of likely N-dealkylation sites (N-methyl/N-ethyl adjacent to an activating group) is 1. The van der Waals surface area contributed by atoms with E-state index in [1.807, 2.05) is 0 Å². The summed E-state index contributed by atoms with van der Waals surface area (Å²) in [5.41, 5.74) is 0.983. The fraction of sp³-hybridized carbons (Fsp3) is 0.556. The SMILES string of the molecule is CN1CCc2nc(C(=O)O)sc2CC1.[H-].[Li+]. The van der Waals surface area contributed by atoms with Gasteiger partial charge in [0.15, 0.2) is 0 Å². The average Bonchev–Trinajstić information content (AvgIpc) is 2.48. The normalized spacial score (nSPS) is 16.3. The van der Waals surface area contributed by atoms with Crippen molar-refractivity contribution in [3.8, 4) is 0 Å². The van der Waals surface area contributed by atoms with Gasteiger partial charge in [0.1, 0.15) is 0 Å². The van der Waals surface area contributed by atoms with Crippen LogP contribution in [0.3, 0.4) is 0 Å². The van der Waals surface area contributed by atoms with Crippen LogP contribution in [-0.2, 0) is 12.8 Å². The van der Waals surface area contributed by atoms with Crippen LogP contribution in [0.15, 0.2) is 0 Å². The van der Waals surface area contributed by atoms with E-state index in [-0.39, 0.29) is 25.3 Å². The van der Waals surface area contributed by atoms with E-state index in [0.29, 0.717) is 0 Å². The Morgan fingerprint density at radius 1 is 1.53 bits per heavy atom. The molecule has 1 aliphatic rings. The number of aromatic carboxylic acids is 1. The molecule has 0 fully saturated rings. The maximum atomic E-state index is 10.7. The van der Waals surface area contributed by atoms with E-state index >= 15 is 0 Å². The van der Waals surface area contributed by atoms with Crippen molar-refractivity contribution in [2.75, 3.05) is 20.1 Å². The molecule has 1 N–H and O–H groups in total. The third-order valence-corrected chi connectivity index (χ3v) is 3.56. The third kappa shape index (κ3) is 2.82. The second kappa shape index (κ2) is 5.13. The van der Waals surface area contributed by atoms with Crippen LogP contribution in [0.5, 0.6) is 0 Å². The number of hydrogen-bond donors (Lipinski definition) is 1. The monoisotopic (exact) mass is 220 g/mol. The first-order valence-electron chi connectivity index (χ1n) is 4.57. The topological polar surface area (TPSA) is 53.4 Å². The molecule has 0 saturated heterocycles. The van der Waals surface area contributed by atoms with Crippen molar-refractivity contribution in [1.82, 2.24) is 9.88 Å². The number of hydrogen-bond acceptors (Lipinski definition) is 4. The van der Waals surface area contributed by atoms with Crippen molar-refractivity contribution in [3.63, 3.8) is 0 Å². The summed E-state index contributed by atoms with van der Waals surface area (Å²) in [6.45, 7) is 1.96. The van der Waals surface area contributed by atoms with Crippen LogP contribution in [0.4, 0.5) is 0 Å². The van der Waals surface area contributed by atoms with Crippen molar-refractivity contribution < 1.29 is 30.2 Å². The van der Waals surface area contributed by atoms with Gasteiger partial charge in [0, 0.05) is 24.4 Å². The Morgan fingerprint density at radius 2 is 2.20 bits per heavy atom. The first-order valence-corrected chi connectivity index (χ1v) is 5.39.